The Balaban J connectivity index is 1.44. The van der Waals surface area contributed by atoms with Gasteiger partial charge < -0.3 is 20.9 Å². The minimum absolute atomic E-state index is 0.0598. The molecule has 6 heteroatoms. The van der Waals surface area contributed by atoms with Crippen LogP contribution in [0.25, 0.3) is 0 Å². The molecule has 29 heavy (non-hydrogen) atoms. The SMILES string of the molecule is CCNC(=NCC(=O)NCCc1ccccc1)NC1CCN(c2ccccc2)C1. The summed E-state index contributed by atoms with van der Waals surface area (Å²) in [6.07, 6.45) is 1.87. The van der Waals surface area contributed by atoms with Crippen molar-refractivity contribution < 1.29 is 4.79 Å². The molecule has 1 aliphatic heterocycles. The molecule has 3 rings (SSSR count). The summed E-state index contributed by atoms with van der Waals surface area (Å²) >= 11 is 0. The van der Waals surface area contributed by atoms with Gasteiger partial charge in [-0.05, 0) is 37.5 Å². The molecule has 154 valence electrons. The van der Waals surface area contributed by atoms with E-state index in [0.717, 1.165) is 32.5 Å². The molecular weight excluding hydrogens is 362 g/mol. The molecule has 2 aromatic carbocycles. The number of aliphatic imine (C=N–C) groups is 1. The first-order valence-electron chi connectivity index (χ1n) is 10.4. The first-order valence-corrected chi connectivity index (χ1v) is 10.4. The Morgan fingerprint density at radius 2 is 1.79 bits per heavy atom. The number of nitrogens with zero attached hydrogens (tertiary/aromatic N) is 2. The highest BCUT2D eigenvalue weighted by Crippen LogP contribution is 2.19. The molecule has 0 spiro atoms. The molecule has 1 unspecified atom stereocenters. The molecule has 1 heterocycles. The van der Waals surface area contributed by atoms with E-state index in [1.165, 1.54) is 11.3 Å². The van der Waals surface area contributed by atoms with Gasteiger partial charge in [0.15, 0.2) is 5.96 Å². The van der Waals surface area contributed by atoms with E-state index in [9.17, 15) is 4.79 Å². The van der Waals surface area contributed by atoms with Gasteiger partial charge in [0.05, 0.1) is 0 Å². The number of benzene rings is 2. The van der Waals surface area contributed by atoms with Crippen LogP contribution in [-0.2, 0) is 11.2 Å². The van der Waals surface area contributed by atoms with E-state index in [2.05, 4.69) is 62.2 Å². The fourth-order valence-electron chi connectivity index (χ4n) is 3.46. The number of carbonyl (C=O) groups is 1. The molecule has 0 aromatic heterocycles. The molecule has 1 amide bonds. The van der Waals surface area contributed by atoms with Crippen molar-refractivity contribution in [1.82, 2.24) is 16.0 Å². The van der Waals surface area contributed by atoms with Gasteiger partial charge in [-0.1, -0.05) is 48.5 Å². The van der Waals surface area contributed by atoms with Crippen molar-refractivity contribution in [2.75, 3.05) is 37.6 Å². The lowest BCUT2D eigenvalue weighted by atomic mass is 10.1. The number of guanidine groups is 1. The normalized spacial score (nSPS) is 16.5. The smallest absolute Gasteiger partial charge is 0.241 e. The minimum Gasteiger partial charge on any atom is -0.369 e. The summed E-state index contributed by atoms with van der Waals surface area (Å²) < 4.78 is 0. The zero-order valence-electron chi connectivity index (χ0n) is 17.1. The summed E-state index contributed by atoms with van der Waals surface area (Å²) in [7, 11) is 0. The van der Waals surface area contributed by atoms with Crippen molar-refractivity contribution >= 4 is 17.6 Å². The second-order valence-electron chi connectivity index (χ2n) is 7.19. The fourth-order valence-corrected chi connectivity index (χ4v) is 3.46. The highest BCUT2D eigenvalue weighted by Gasteiger charge is 2.23. The van der Waals surface area contributed by atoms with Crippen molar-refractivity contribution in [2.45, 2.75) is 25.8 Å². The predicted octanol–water partition coefficient (Wildman–Crippen LogP) is 2.18. The average molecular weight is 394 g/mol. The van der Waals surface area contributed by atoms with E-state index in [4.69, 9.17) is 0 Å². The minimum atomic E-state index is -0.0598. The van der Waals surface area contributed by atoms with Crippen LogP contribution in [0.5, 0.6) is 0 Å². The van der Waals surface area contributed by atoms with Crippen LogP contribution < -0.4 is 20.9 Å². The molecule has 6 nitrogen and oxygen atoms in total. The number of para-hydroxylation sites is 1. The third kappa shape index (κ3) is 6.82. The molecule has 2 aromatic rings. The number of carbonyl (C=O) groups excluding carboxylic acids is 1. The Kier molecular flexibility index (Phi) is 7.92. The first-order chi connectivity index (χ1) is 14.2. The zero-order valence-corrected chi connectivity index (χ0v) is 17.1. The van der Waals surface area contributed by atoms with Crippen LogP contribution >= 0.6 is 0 Å². The van der Waals surface area contributed by atoms with Gasteiger partial charge in [-0.3, -0.25) is 4.79 Å². The summed E-state index contributed by atoms with van der Waals surface area (Å²) in [5.74, 6) is 0.640. The third-order valence-electron chi connectivity index (χ3n) is 4.95. The number of hydrogen-bond acceptors (Lipinski definition) is 3. The van der Waals surface area contributed by atoms with Crippen LogP contribution in [0.4, 0.5) is 5.69 Å². The molecule has 3 N–H and O–H groups in total. The Hall–Kier alpha value is -3.02. The molecule has 0 bridgehead atoms. The maximum Gasteiger partial charge on any atom is 0.241 e. The lowest BCUT2D eigenvalue weighted by molar-refractivity contribution is -0.119. The zero-order chi connectivity index (χ0) is 20.3. The van der Waals surface area contributed by atoms with Crippen molar-refractivity contribution in [3.8, 4) is 0 Å². The lowest BCUT2D eigenvalue weighted by Crippen LogP contribution is -2.45. The summed E-state index contributed by atoms with van der Waals surface area (Å²) in [6, 6.07) is 20.9. The second-order valence-corrected chi connectivity index (χ2v) is 7.19. The Labute approximate surface area is 173 Å². The molecule has 0 aliphatic carbocycles. The molecule has 1 saturated heterocycles. The van der Waals surface area contributed by atoms with Crippen LogP contribution in [0.2, 0.25) is 0 Å². The van der Waals surface area contributed by atoms with E-state index >= 15 is 0 Å². The summed E-state index contributed by atoms with van der Waals surface area (Å²) in [5, 5.41) is 9.65. The van der Waals surface area contributed by atoms with E-state index in [0.29, 0.717) is 18.5 Å². The molecule has 1 aliphatic rings. The van der Waals surface area contributed by atoms with Crippen LogP contribution in [0, 0.1) is 0 Å². The number of anilines is 1. The fraction of sp³-hybridized carbons (Fsp3) is 0.391. The molecule has 1 fully saturated rings. The van der Waals surface area contributed by atoms with Gasteiger partial charge in [-0.25, -0.2) is 4.99 Å². The van der Waals surface area contributed by atoms with E-state index in [1.807, 2.05) is 31.2 Å². The van der Waals surface area contributed by atoms with Gasteiger partial charge >= 0.3 is 0 Å². The summed E-state index contributed by atoms with van der Waals surface area (Å²) in [4.78, 5) is 19.0. The topological polar surface area (TPSA) is 68.8 Å². The van der Waals surface area contributed by atoms with Crippen molar-refractivity contribution in [3.63, 3.8) is 0 Å². The van der Waals surface area contributed by atoms with Crippen LogP contribution in [0.3, 0.4) is 0 Å². The molecular formula is C23H31N5O. The largest absolute Gasteiger partial charge is 0.369 e. The highest BCUT2D eigenvalue weighted by molar-refractivity contribution is 5.85. The second kappa shape index (κ2) is 11.1. The third-order valence-corrected chi connectivity index (χ3v) is 4.95. The Bertz CT molecular complexity index is 778. The highest BCUT2D eigenvalue weighted by atomic mass is 16.1. The Morgan fingerprint density at radius 3 is 2.52 bits per heavy atom. The molecule has 0 saturated carbocycles. The van der Waals surface area contributed by atoms with Gasteiger partial charge in [0.1, 0.15) is 6.54 Å². The number of nitrogens with one attached hydrogen (secondary N) is 3. The van der Waals surface area contributed by atoms with Crippen molar-refractivity contribution in [2.24, 2.45) is 4.99 Å². The van der Waals surface area contributed by atoms with Crippen LogP contribution in [0.15, 0.2) is 65.7 Å². The maximum atomic E-state index is 12.1. The van der Waals surface area contributed by atoms with Crippen molar-refractivity contribution in [3.05, 3.63) is 66.2 Å². The summed E-state index contributed by atoms with van der Waals surface area (Å²) in [6.45, 7) is 5.48. The predicted molar refractivity (Wildman–Crippen MR) is 119 cm³/mol. The summed E-state index contributed by atoms with van der Waals surface area (Å²) in [5.41, 5.74) is 2.46. The van der Waals surface area contributed by atoms with Gasteiger partial charge in [0.2, 0.25) is 5.91 Å². The quantitative estimate of drug-likeness (QED) is 0.475. The van der Waals surface area contributed by atoms with Gasteiger partial charge in [-0.2, -0.15) is 0 Å². The van der Waals surface area contributed by atoms with E-state index < -0.39 is 0 Å². The molecule has 0 radical (unpaired) electrons. The van der Waals surface area contributed by atoms with Crippen LogP contribution in [0.1, 0.15) is 18.9 Å². The molecule has 1 atom stereocenters. The van der Waals surface area contributed by atoms with Crippen molar-refractivity contribution in [1.29, 1.82) is 0 Å². The van der Waals surface area contributed by atoms with Gasteiger partial charge in [-0.15, -0.1) is 0 Å². The van der Waals surface area contributed by atoms with E-state index in [1.54, 1.807) is 0 Å². The monoisotopic (exact) mass is 393 g/mol. The lowest BCUT2D eigenvalue weighted by Gasteiger charge is -2.20. The van der Waals surface area contributed by atoms with Gasteiger partial charge in [0.25, 0.3) is 0 Å². The number of hydrogen-bond donors (Lipinski definition) is 3. The standard InChI is InChI=1S/C23H31N5O/c1-2-24-23(26-17-22(29)25-15-13-19-9-5-3-6-10-19)27-20-14-16-28(18-20)21-11-7-4-8-12-21/h3-12,20H,2,13-18H2,1H3,(H,25,29)(H2,24,26,27). The number of rotatable bonds is 8. The van der Waals surface area contributed by atoms with Crippen LogP contribution in [-0.4, -0.2) is 50.6 Å². The first kappa shape index (κ1) is 20.7. The Morgan fingerprint density at radius 1 is 1.07 bits per heavy atom. The van der Waals surface area contributed by atoms with Gasteiger partial charge in [0, 0.05) is 37.9 Å². The number of amides is 1. The van der Waals surface area contributed by atoms with E-state index in [-0.39, 0.29) is 12.5 Å². The average Bonchev–Trinajstić information content (AvgIpc) is 3.22. The maximum absolute atomic E-state index is 12.1.